The predicted molar refractivity (Wildman–Crippen MR) is 87.3 cm³/mol. The molecule has 1 saturated heterocycles. The van der Waals surface area contributed by atoms with Crippen LogP contribution in [-0.2, 0) is 9.53 Å². The third kappa shape index (κ3) is 5.15. The van der Waals surface area contributed by atoms with E-state index in [1.165, 1.54) is 12.4 Å². The van der Waals surface area contributed by atoms with E-state index in [-0.39, 0.29) is 12.5 Å². The maximum absolute atomic E-state index is 12.1. The second kappa shape index (κ2) is 9.15. The maximum atomic E-state index is 12.1. The van der Waals surface area contributed by atoms with Crippen LogP contribution in [0.15, 0.2) is 12.4 Å². The number of amides is 1. The fourth-order valence-electron chi connectivity index (χ4n) is 2.35. The first kappa shape index (κ1) is 18.1. The van der Waals surface area contributed by atoms with Gasteiger partial charge in [-0.15, -0.1) is 0 Å². The Kier molecular flexibility index (Phi) is 6.90. The quantitative estimate of drug-likeness (QED) is 0.710. The molecule has 1 aromatic rings. The molecule has 130 valence electrons. The van der Waals surface area contributed by atoms with Gasteiger partial charge in [-0.05, 0) is 6.42 Å². The Morgan fingerprint density at radius 3 is 2.62 bits per heavy atom. The highest BCUT2D eigenvalue weighted by atomic mass is 16.5. The van der Waals surface area contributed by atoms with Gasteiger partial charge in [0.25, 0.3) is 0 Å². The van der Waals surface area contributed by atoms with Crippen molar-refractivity contribution in [2.75, 3.05) is 44.3 Å². The van der Waals surface area contributed by atoms with E-state index in [0.29, 0.717) is 57.1 Å². The Morgan fingerprint density at radius 1 is 1.38 bits per heavy atom. The summed E-state index contributed by atoms with van der Waals surface area (Å²) in [6.07, 6.45) is 3.51. The number of anilines is 1. The zero-order chi connectivity index (χ0) is 17.4. The van der Waals surface area contributed by atoms with Gasteiger partial charge in [-0.1, -0.05) is 6.92 Å². The largest absolute Gasteiger partial charge is 0.391 e. The summed E-state index contributed by atoms with van der Waals surface area (Å²) in [6.45, 7) is 5.03. The molecule has 1 aromatic heterocycles. The van der Waals surface area contributed by atoms with Gasteiger partial charge in [-0.3, -0.25) is 4.79 Å². The number of carbonyl (C=O) groups is 1. The first-order chi connectivity index (χ1) is 11.6. The van der Waals surface area contributed by atoms with Gasteiger partial charge in [0.05, 0.1) is 43.7 Å². The van der Waals surface area contributed by atoms with Gasteiger partial charge in [0.2, 0.25) is 11.9 Å². The lowest BCUT2D eigenvalue weighted by atomic mass is 10.3. The molecule has 0 saturated carbocycles. The van der Waals surface area contributed by atoms with Gasteiger partial charge in [0.15, 0.2) is 0 Å². The van der Waals surface area contributed by atoms with Crippen LogP contribution in [0.1, 0.15) is 25.3 Å². The van der Waals surface area contributed by atoms with Crippen LogP contribution in [0, 0.1) is 11.3 Å². The number of ether oxygens (including phenoxy) is 1. The number of nitriles is 1. The van der Waals surface area contributed by atoms with Crippen LogP contribution in [0.2, 0.25) is 0 Å². The van der Waals surface area contributed by atoms with E-state index in [4.69, 9.17) is 10.00 Å². The van der Waals surface area contributed by atoms with Crippen molar-refractivity contribution < 1.29 is 14.6 Å². The van der Waals surface area contributed by atoms with Crippen molar-refractivity contribution in [2.24, 2.45) is 0 Å². The molecule has 0 radical (unpaired) electrons. The Balaban J connectivity index is 1.71. The van der Waals surface area contributed by atoms with Gasteiger partial charge >= 0.3 is 0 Å². The van der Waals surface area contributed by atoms with Crippen molar-refractivity contribution in [3.63, 3.8) is 0 Å². The van der Waals surface area contributed by atoms with Gasteiger partial charge in [0, 0.05) is 26.2 Å². The lowest BCUT2D eigenvalue weighted by molar-refractivity contribution is -0.132. The zero-order valence-electron chi connectivity index (χ0n) is 13.9. The fraction of sp³-hybridized carbons (Fsp3) is 0.625. The molecular weight excluding hydrogens is 310 g/mol. The van der Waals surface area contributed by atoms with Gasteiger partial charge < -0.3 is 19.6 Å². The topological polar surface area (TPSA) is 103 Å². The van der Waals surface area contributed by atoms with Crippen molar-refractivity contribution >= 4 is 11.9 Å². The van der Waals surface area contributed by atoms with Crippen molar-refractivity contribution in [1.29, 1.82) is 5.26 Å². The highest BCUT2D eigenvalue weighted by Crippen LogP contribution is 2.11. The molecule has 0 unspecified atom stereocenters. The summed E-state index contributed by atoms with van der Waals surface area (Å²) in [6, 6.07) is 1.99. The molecule has 1 fully saturated rings. The molecule has 0 aliphatic carbocycles. The number of aliphatic hydroxyl groups is 1. The Labute approximate surface area is 141 Å². The average molecular weight is 333 g/mol. The van der Waals surface area contributed by atoms with Crippen LogP contribution in [0.3, 0.4) is 0 Å². The van der Waals surface area contributed by atoms with E-state index in [2.05, 4.69) is 9.97 Å². The Bertz CT molecular complexity index is 564. The summed E-state index contributed by atoms with van der Waals surface area (Å²) in [5, 5.41) is 18.1. The zero-order valence-corrected chi connectivity index (χ0v) is 13.9. The van der Waals surface area contributed by atoms with Crippen LogP contribution in [0.25, 0.3) is 0 Å². The summed E-state index contributed by atoms with van der Waals surface area (Å²) in [7, 11) is 0. The number of nitrogens with zero attached hydrogens (tertiary/aromatic N) is 5. The lowest BCUT2D eigenvalue weighted by Gasteiger charge is -2.34. The molecule has 24 heavy (non-hydrogen) atoms. The van der Waals surface area contributed by atoms with E-state index in [9.17, 15) is 9.90 Å². The third-order valence-electron chi connectivity index (χ3n) is 3.92. The maximum Gasteiger partial charge on any atom is 0.225 e. The fourth-order valence-corrected chi connectivity index (χ4v) is 2.35. The number of piperazine rings is 1. The molecule has 2 heterocycles. The van der Waals surface area contributed by atoms with Crippen LogP contribution >= 0.6 is 0 Å². The summed E-state index contributed by atoms with van der Waals surface area (Å²) >= 11 is 0. The second-order valence-electron chi connectivity index (χ2n) is 5.64. The summed E-state index contributed by atoms with van der Waals surface area (Å²) in [5.41, 5.74) is 0.431. The molecular formula is C16H23N5O3. The molecule has 0 spiro atoms. The highest BCUT2D eigenvalue weighted by Gasteiger charge is 2.22. The smallest absolute Gasteiger partial charge is 0.225 e. The average Bonchev–Trinajstić information content (AvgIpc) is 2.65. The molecule has 1 amide bonds. The molecule has 0 bridgehead atoms. The minimum Gasteiger partial charge on any atom is -0.391 e. The Morgan fingerprint density at radius 2 is 2.04 bits per heavy atom. The standard InChI is InChI=1S/C16H23N5O3/c1-2-14(22)12-24-8-3-15(23)20-4-6-21(7-5-20)16-18-10-13(9-17)11-19-16/h10-11,14,22H,2-8,12H2,1H3/t14-/m0/s1. The predicted octanol–water partition coefficient (Wildman–Crippen LogP) is 0.174. The molecule has 1 aliphatic heterocycles. The van der Waals surface area contributed by atoms with Crippen molar-refractivity contribution in [3.05, 3.63) is 18.0 Å². The van der Waals surface area contributed by atoms with E-state index in [1.54, 1.807) is 4.90 Å². The van der Waals surface area contributed by atoms with Crippen molar-refractivity contribution in [2.45, 2.75) is 25.9 Å². The Hall–Kier alpha value is -2.24. The van der Waals surface area contributed by atoms with Crippen molar-refractivity contribution in [3.8, 4) is 6.07 Å². The van der Waals surface area contributed by atoms with Crippen LogP contribution in [-0.4, -0.2) is 71.4 Å². The van der Waals surface area contributed by atoms with Gasteiger partial charge in [-0.25, -0.2) is 9.97 Å². The van der Waals surface area contributed by atoms with Crippen molar-refractivity contribution in [1.82, 2.24) is 14.9 Å². The normalized spacial score (nSPS) is 15.9. The number of rotatable bonds is 7. The number of hydrogen-bond donors (Lipinski definition) is 1. The van der Waals surface area contributed by atoms with Crippen LogP contribution in [0.5, 0.6) is 0 Å². The van der Waals surface area contributed by atoms with E-state index >= 15 is 0 Å². The third-order valence-corrected chi connectivity index (χ3v) is 3.92. The van der Waals surface area contributed by atoms with Gasteiger partial charge in [-0.2, -0.15) is 5.26 Å². The summed E-state index contributed by atoms with van der Waals surface area (Å²) in [4.78, 5) is 24.3. The summed E-state index contributed by atoms with van der Waals surface area (Å²) in [5.74, 6) is 0.638. The molecule has 1 atom stereocenters. The molecule has 8 heteroatoms. The lowest BCUT2D eigenvalue weighted by Crippen LogP contribution is -2.49. The highest BCUT2D eigenvalue weighted by molar-refractivity contribution is 5.76. The number of aromatic nitrogens is 2. The van der Waals surface area contributed by atoms with E-state index < -0.39 is 6.10 Å². The second-order valence-corrected chi connectivity index (χ2v) is 5.64. The molecule has 1 N–H and O–H groups in total. The molecule has 8 nitrogen and oxygen atoms in total. The number of carbonyl (C=O) groups excluding carboxylic acids is 1. The van der Waals surface area contributed by atoms with E-state index in [0.717, 1.165) is 0 Å². The van der Waals surface area contributed by atoms with Gasteiger partial charge in [0.1, 0.15) is 6.07 Å². The minimum atomic E-state index is -0.462. The monoisotopic (exact) mass is 333 g/mol. The number of hydrogen-bond acceptors (Lipinski definition) is 7. The number of aliphatic hydroxyl groups excluding tert-OH is 1. The molecule has 2 rings (SSSR count). The first-order valence-electron chi connectivity index (χ1n) is 8.14. The molecule has 1 aliphatic rings. The minimum absolute atomic E-state index is 0.0568. The first-order valence-corrected chi connectivity index (χ1v) is 8.14. The SMILES string of the molecule is CC[C@H](O)COCCC(=O)N1CCN(c2ncc(C#N)cn2)CC1. The molecule has 0 aromatic carbocycles. The van der Waals surface area contributed by atoms with Crippen LogP contribution < -0.4 is 4.90 Å². The van der Waals surface area contributed by atoms with Crippen LogP contribution in [0.4, 0.5) is 5.95 Å². The van der Waals surface area contributed by atoms with E-state index in [1.807, 2.05) is 17.9 Å². The summed E-state index contributed by atoms with van der Waals surface area (Å²) < 4.78 is 5.31.